The van der Waals surface area contributed by atoms with Gasteiger partial charge in [-0.05, 0) is 0 Å². The zero-order valence-electron chi connectivity index (χ0n) is 14.4. The van der Waals surface area contributed by atoms with Crippen molar-refractivity contribution in [3.63, 3.8) is 0 Å². The maximum absolute atomic E-state index is 9.37. The molecule has 2 heterocycles. The van der Waals surface area contributed by atoms with E-state index in [0.29, 0.717) is 22.7 Å². The molecule has 3 rings (SSSR count). The average molecular weight is 371 g/mol. The van der Waals surface area contributed by atoms with Gasteiger partial charge in [-0.15, -0.1) is 0 Å². The van der Waals surface area contributed by atoms with E-state index in [9.17, 15) is 21.0 Å². The monoisotopic (exact) mass is 371 g/mol. The number of nitrogen functional groups attached to an aromatic ring is 1. The van der Waals surface area contributed by atoms with Crippen LogP contribution in [0.25, 0.3) is 0 Å². The molecule has 3 unspecified atom stereocenters. The van der Waals surface area contributed by atoms with E-state index in [1.165, 1.54) is 0 Å². The number of aliphatic imine (C=N–C) groups is 1. The minimum absolute atomic E-state index is 0.0415. The Morgan fingerprint density at radius 3 is 2.18 bits per heavy atom. The maximum atomic E-state index is 9.37. The summed E-state index contributed by atoms with van der Waals surface area (Å²) in [6, 6.07) is 7.18. The Balaban J connectivity index is 2.24. The first-order chi connectivity index (χ1) is 13.6. The van der Waals surface area contributed by atoms with Crippen LogP contribution in [0.2, 0.25) is 0 Å². The molecule has 3 atom stereocenters. The molecule has 11 nitrogen and oxygen atoms in total. The topological polar surface area (TPSA) is 205 Å². The fourth-order valence-corrected chi connectivity index (χ4v) is 3.00. The molecule has 28 heavy (non-hydrogen) atoms. The second-order valence-electron chi connectivity index (χ2n) is 5.91. The van der Waals surface area contributed by atoms with Crippen LogP contribution in [0.4, 0.5) is 34.1 Å². The van der Waals surface area contributed by atoms with Crippen LogP contribution in [-0.2, 0) is 0 Å². The van der Waals surface area contributed by atoms with E-state index in [0.717, 1.165) is 0 Å². The Labute approximate surface area is 160 Å². The van der Waals surface area contributed by atoms with Crippen molar-refractivity contribution in [1.82, 2.24) is 0 Å². The van der Waals surface area contributed by atoms with Crippen molar-refractivity contribution in [3.8, 4) is 30.3 Å². The summed E-state index contributed by atoms with van der Waals surface area (Å²) >= 11 is 0. The molecule has 2 aliphatic rings. The van der Waals surface area contributed by atoms with Crippen LogP contribution in [0, 0.1) is 56.7 Å². The highest BCUT2D eigenvalue weighted by molar-refractivity contribution is 6.16. The van der Waals surface area contributed by atoms with Crippen LogP contribution >= 0.6 is 0 Å². The Morgan fingerprint density at radius 1 is 0.929 bits per heavy atom. The predicted molar refractivity (Wildman–Crippen MR) is 101 cm³/mol. The summed E-state index contributed by atoms with van der Waals surface area (Å²) < 4.78 is 0. The average Bonchev–Trinajstić information content (AvgIpc) is 2.74. The van der Waals surface area contributed by atoms with Gasteiger partial charge in [0.1, 0.15) is 23.8 Å². The molecule has 0 spiro atoms. The molecule has 2 aliphatic heterocycles. The number of hydrogen-bond donors (Lipinski definition) is 5. The van der Waals surface area contributed by atoms with Gasteiger partial charge in [0.25, 0.3) is 0 Å². The van der Waals surface area contributed by atoms with Gasteiger partial charge in [0.2, 0.25) is 0 Å². The number of hydrogen-bond acceptors (Lipinski definition) is 11. The van der Waals surface area contributed by atoms with Crippen molar-refractivity contribution in [1.29, 1.82) is 26.3 Å². The zero-order valence-corrected chi connectivity index (χ0v) is 14.4. The lowest BCUT2D eigenvalue weighted by molar-refractivity contribution is 0.793. The maximum Gasteiger partial charge on any atom is 0.167 e. The second-order valence-corrected chi connectivity index (χ2v) is 5.91. The summed E-state index contributed by atoms with van der Waals surface area (Å²) in [6.45, 7) is 0.287. The molecule has 1 aromatic rings. The molecule has 0 saturated carbocycles. The van der Waals surface area contributed by atoms with Gasteiger partial charge >= 0.3 is 0 Å². The van der Waals surface area contributed by atoms with Crippen LogP contribution in [-0.4, -0.2) is 30.4 Å². The third-order valence-electron chi connectivity index (χ3n) is 4.30. The van der Waals surface area contributed by atoms with Gasteiger partial charge in [0.15, 0.2) is 11.8 Å². The number of anilines is 5. The normalized spacial score (nSPS) is 21.1. The van der Waals surface area contributed by atoms with E-state index in [4.69, 9.17) is 11.0 Å². The number of nitrogens with one attached hydrogen (secondary N) is 4. The van der Waals surface area contributed by atoms with Crippen molar-refractivity contribution in [2.75, 3.05) is 33.5 Å². The fourth-order valence-electron chi connectivity index (χ4n) is 3.00. The van der Waals surface area contributed by atoms with Gasteiger partial charge in [-0.3, -0.25) is 0 Å². The first-order valence-electron chi connectivity index (χ1n) is 8.17. The standard InChI is InChI=1S/C17H13N11/c18-2-1-3-24-13-12(23)14-16(27-9(5-20)8(4-19)25-14)17-15(13)26-10(6-21)11(7-22)28-17/h9-11,24,26-28H,1,3,23H2. The van der Waals surface area contributed by atoms with Gasteiger partial charge in [0, 0.05) is 6.54 Å². The number of rotatable bonds is 3. The van der Waals surface area contributed by atoms with Crippen LogP contribution < -0.4 is 27.0 Å². The molecular weight excluding hydrogens is 358 g/mol. The van der Waals surface area contributed by atoms with Crippen molar-refractivity contribution in [2.45, 2.75) is 24.5 Å². The highest BCUT2D eigenvalue weighted by Gasteiger charge is 2.36. The highest BCUT2D eigenvalue weighted by atomic mass is 15.2. The van der Waals surface area contributed by atoms with Gasteiger partial charge in [0.05, 0.1) is 59.1 Å². The molecule has 0 aromatic heterocycles. The summed E-state index contributed by atoms with van der Waals surface area (Å²) in [6.07, 6.45) is 0.211. The van der Waals surface area contributed by atoms with Gasteiger partial charge < -0.3 is 27.0 Å². The zero-order chi connectivity index (χ0) is 20.3. The van der Waals surface area contributed by atoms with Crippen LogP contribution in [0.15, 0.2) is 4.99 Å². The van der Waals surface area contributed by atoms with E-state index in [2.05, 4.69) is 26.3 Å². The molecule has 0 saturated heterocycles. The third kappa shape index (κ3) is 2.78. The largest absolute Gasteiger partial charge is 0.395 e. The number of nitrogens with zero attached hydrogens (tertiary/aromatic N) is 6. The van der Waals surface area contributed by atoms with Crippen LogP contribution in [0.5, 0.6) is 0 Å². The lowest BCUT2D eigenvalue weighted by atomic mass is 9.99. The lowest BCUT2D eigenvalue weighted by Crippen LogP contribution is -2.42. The molecule has 136 valence electrons. The smallest absolute Gasteiger partial charge is 0.167 e. The molecule has 0 bridgehead atoms. The Kier molecular flexibility index (Phi) is 4.73. The first-order valence-corrected chi connectivity index (χ1v) is 8.17. The minimum atomic E-state index is -0.977. The summed E-state index contributed by atoms with van der Waals surface area (Å²) in [5.74, 6) is 0. The highest BCUT2D eigenvalue weighted by Crippen LogP contribution is 2.53. The Hall–Kier alpha value is -4.66. The summed E-state index contributed by atoms with van der Waals surface area (Å²) in [5, 5.41) is 58.0. The molecule has 6 N–H and O–H groups in total. The number of benzene rings is 1. The summed E-state index contributed by atoms with van der Waals surface area (Å²) in [4.78, 5) is 4.23. The van der Waals surface area contributed by atoms with Crippen molar-refractivity contribution in [3.05, 3.63) is 0 Å². The lowest BCUT2D eigenvalue weighted by Gasteiger charge is -2.35. The molecular formula is C17H13N11. The van der Waals surface area contributed by atoms with Crippen molar-refractivity contribution < 1.29 is 0 Å². The van der Waals surface area contributed by atoms with Crippen LogP contribution in [0.1, 0.15) is 6.42 Å². The first kappa shape index (κ1) is 18.1. The van der Waals surface area contributed by atoms with E-state index in [1.54, 1.807) is 0 Å². The van der Waals surface area contributed by atoms with Crippen LogP contribution in [0.3, 0.4) is 0 Å². The number of nitriles is 5. The quantitative estimate of drug-likeness (QED) is 0.291. The second kappa shape index (κ2) is 7.30. The summed E-state index contributed by atoms with van der Waals surface area (Å²) in [5.41, 5.74) is 8.23. The number of fused-ring (bicyclic) bond motifs is 3. The van der Waals surface area contributed by atoms with Crippen molar-refractivity contribution in [2.24, 2.45) is 4.99 Å². The molecule has 11 heteroatoms. The number of nitrogens with two attached hydrogens (primary N) is 1. The van der Waals surface area contributed by atoms with Crippen molar-refractivity contribution >= 4 is 39.8 Å². The van der Waals surface area contributed by atoms with Gasteiger partial charge in [-0.2, -0.15) is 26.3 Å². The summed E-state index contributed by atoms with van der Waals surface area (Å²) in [7, 11) is 0. The minimum Gasteiger partial charge on any atom is -0.395 e. The van der Waals surface area contributed by atoms with E-state index >= 15 is 0 Å². The predicted octanol–water partition coefficient (Wildman–Crippen LogP) is 1.13. The van der Waals surface area contributed by atoms with E-state index in [-0.39, 0.29) is 30.1 Å². The molecule has 0 radical (unpaired) electrons. The third-order valence-corrected chi connectivity index (χ3v) is 4.30. The SMILES string of the molecule is N#CCCNc1c(N)c2c(c3c1NC(C#N)C(C#N)N3)NC(C#N)C(C#N)=N2. The Morgan fingerprint density at radius 2 is 1.61 bits per heavy atom. The van der Waals surface area contributed by atoms with Gasteiger partial charge in [-0.25, -0.2) is 4.99 Å². The molecule has 1 aromatic carbocycles. The molecule has 0 amide bonds. The van der Waals surface area contributed by atoms with E-state index < -0.39 is 18.1 Å². The Bertz CT molecular complexity index is 1070. The molecule has 0 aliphatic carbocycles. The fraction of sp³-hybridized carbons (Fsp3) is 0.294. The van der Waals surface area contributed by atoms with E-state index in [1.807, 2.05) is 30.3 Å². The van der Waals surface area contributed by atoms with Gasteiger partial charge in [-0.1, -0.05) is 0 Å². The molecule has 0 fully saturated rings.